The van der Waals surface area contributed by atoms with Gasteiger partial charge in [0, 0.05) is 37.1 Å². The summed E-state index contributed by atoms with van der Waals surface area (Å²) < 4.78 is 15.2. The van der Waals surface area contributed by atoms with Crippen molar-refractivity contribution in [2.45, 2.75) is 45.7 Å². The molecule has 0 unspecified atom stereocenters. The molecule has 2 aromatic rings. The molecule has 1 spiro atoms. The summed E-state index contributed by atoms with van der Waals surface area (Å²) in [5.41, 5.74) is 1.79. The van der Waals surface area contributed by atoms with Gasteiger partial charge in [-0.3, -0.25) is 14.4 Å². The molecule has 0 N–H and O–H groups in total. The van der Waals surface area contributed by atoms with Gasteiger partial charge in [-0.25, -0.2) is 4.39 Å². The number of carbonyl (C=O) groups is 1. The molecular formula is C21H27FN4O. The number of likely N-dealkylation sites (tertiary alicyclic amines) is 1. The molecule has 1 aromatic carbocycles. The molecule has 0 saturated carbocycles. The third kappa shape index (κ3) is 3.63. The smallest absolute Gasteiger partial charge is 0.233 e. The van der Waals surface area contributed by atoms with Crippen LogP contribution in [0.5, 0.6) is 0 Å². The predicted octanol–water partition coefficient (Wildman–Crippen LogP) is 3.45. The van der Waals surface area contributed by atoms with E-state index in [1.165, 1.54) is 17.7 Å². The van der Waals surface area contributed by atoms with Gasteiger partial charge in [-0.05, 0) is 70.0 Å². The zero-order chi connectivity index (χ0) is 18.9. The van der Waals surface area contributed by atoms with Gasteiger partial charge in [0.15, 0.2) is 0 Å². The molecule has 0 aliphatic carbocycles. The number of anilines is 1. The molecule has 1 aromatic heterocycles. The number of aryl methyl sites for hydroxylation is 1. The first kappa shape index (κ1) is 18.2. The molecule has 0 radical (unpaired) electrons. The van der Waals surface area contributed by atoms with Crippen LogP contribution in [0.2, 0.25) is 0 Å². The van der Waals surface area contributed by atoms with Crippen LogP contribution in [-0.2, 0) is 17.9 Å². The van der Waals surface area contributed by atoms with Crippen LogP contribution in [0.4, 0.5) is 10.1 Å². The highest BCUT2D eigenvalue weighted by Crippen LogP contribution is 2.42. The normalized spacial score (nSPS) is 20.4. The first-order valence-corrected chi connectivity index (χ1v) is 9.91. The average Bonchev–Trinajstić information content (AvgIpc) is 3.14. The van der Waals surface area contributed by atoms with Gasteiger partial charge in [-0.15, -0.1) is 0 Å². The van der Waals surface area contributed by atoms with Crippen molar-refractivity contribution in [3.05, 3.63) is 48.0 Å². The fourth-order valence-corrected chi connectivity index (χ4v) is 4.46. The van der Waals surface area contributed by atoms with E-state index in [0.717, 1.165) is 64.1 Å². The van der Waals surface area contributed by atoms with E-state index in [1.807, 2.05) is 15.8 Å². The SMILES string of the molecule is CCn1cc(CN2CCC3(CCCN(c4ccc(F)cc4)C3=O)CC2)cn1. The molecule has 4 rings (SSSR count). The van der Waals surface area contributed by atoms with Crippen molar-refractivity contribution < 1.29 is 9.18 Å². The maximum Gasteiger partial charge on any atom is 0.233 e. The first-order chi connectivity index (χ1) is 13.1. The van der Waals surface area contributed by atoms with Crippen LogP contribution in [0.3, 0.4) is 0 Å². The van der Waals surface area contributed by atoms with E-state index >= 15 is 0 Å². The Morgan fingerprint density at radius 3 is 2.52 bits per heavy atom. The van der Waals surface area contributed by atoms with Crippen LogP contribution in [0, 0.1) is 11.2 Å². The quantitative estimate of drug-likeness (QED) is 0.828. The molecule has 1 amide bonds. The number of rotatable bonds is 4. The summed E-state index contributed by atoms with van der Waals surface area (Å²) in [6.07, 6.45) is 7.80. The lowest BCUT2D eigenvalue weighted by molar-refractivity contribution is -0.133. The summed E-state index contributed by atoms with van der Waals surface area (Å²) in [6.45, 7) is 6.46. The Morgan fingerprint density at radius 2 is 1.85 bits per heavy atom. The Labute approximate surface area is 159 Å². The van der Waals surface area contributed by atoms with Gasteiger partial charge < -0.3 is 4.90 Å². The fourth-order valence-electron chi connectivity index (χ4n) is 4.46. The van der Waals surface area contributed by atoms with Crippen molar-refractivity contribution in [2.75, 3.05) is 24.5 Å². The van der Waals surface area contributed by atoms with Crippen LogP contribution in [-0.4, -0.2) is 40.2 Å². The van der Waals surface area contributed by atoms with Crippen molar-refractivity contribution in [1.29, 1.82) is 0 Å². The molecular weight excluding hydrogens is 343 g/mol. The highest BCUT2D eigenvalue weighted by Gasteiger charge is 2.45. The van der Waals surface area contributed by atoms with Crippen LogP contribution in [0.1, 0.15) is 38.2 Å². The highest BCUT2D eigenvalue weighted by molar-refractivity contribution is 5.98. The predicted molar refractivity (Wildman–Crippen MR) is 103 cm³/mol. The molecule has 2 aliphatic rings. The molecule has 2 aliphatic heterocycles. The first-order valence-electron chi connectivity index (χ1n) is 9.91. The lowest BCUT2D eigenvalue weighted by atomic mass is 9.71. The third-order valence-corrected chi connectivity index (χ3v) is 6.10. The van der Waals surface area contributed by atoms with Crippen molar-refractivity contribution in [3.8, 4) is 0 Å². The lowest BCUT2D eigenvalue weighted by Crippen LogP contribution is -2.53. The number of nitrogens with zero attached hydrogens (tertiary/aromatic N) is 4. The van der Waals surface area contributed by atoms with Gasteiger partial charge in [0.2, 0.25) is 5.91 Å². The van der Waals surface area contributed by atoms with Gasteiger partial charge in [-0.2, -0.15) is 5.10 Å². The Balaban J connectivity index is 1.41. The van der Waals surface area contributed by atoms with Crippen molar-refractivity contribution in [1.82, 2.24) is 14.7 Å². The fraction of sp³-hybridized carbons (Fsp3) is 0.524. The van der Waals surface area contributed by atoms with E-state index in [0.29, 0.717) is 0 Å². The molecule has 144 valence electrons. The number of halogens is 1. The van der Waals surface area contributed by atoms with Gasteiger partial charge in [0.05, 0.1) is 11.6 Å². The number of benzene rings is 1. The highest BCUT2D eigenvalue weighted by atomic mass is 19.1. The molecule has 6 heteroatoms. The largest absolute Gasteiger partial charge is 0.312 e. The van der Waals surface area contributed by atoms with Crippen molar-refractivity contribution in [2.24, 2.45) is 5.41 Å². The van der Waals surface area contributed by atoms with E-state index in [1.54, 1.807) is 12.1 Å². The van der Waals surface area contributed by atoms with E-state index in [2.05, 4.69) is 23.1 Å². The topological polar surface area (TPSA) is 41.4 Å². The number of hydrogen-bond donors (Lipinski definition) is 0. The van der Waals surface area contributed by atoms with Crippen LogP contribution < -0.4 is 4.90 Å². The maximum absolute atomic E-state index is 13.3. The number of amides is 1. The van der Waals surface area contributed by atoms with E-state index in [-0.39, 0.29) is 17.1 Å². The van der Waals surface area contributed by atoms with Crippen molar-refractivity contribution in [3.63, 3.8) is 0 Å². The number of carbonyl (C=O) groups excluding carboxylic acids is 1. The van der Waals surface area contributed by atoms with Gasteiger partial charge >= 0.3 is 0 Å². The number of piperidine rings is 2. The standard InChI is InChI=1S/C21H27FN4O/c1-2-25-16-17(14-23-25)15-24-12-9-21(10-13-24)8-3-11-26(20(21)27)19-6-4-18(22)5-7-19/h4-7,14,16H,2-3,8-13,15H2,1H3. The number of aromatic nitrogens is 2. The van der Waals surface area contributed by atoms with Crippen LogP contribution in [0.25, 0.3) is 0 Å². The van der Waals surface area contributed by atoms with Gasteiger partial charge in [-0.1, -0.05) is 0 Å². The summed E-state index contributed by atoms with van der Waals surface area (Å²) >= 11 is 0. The minimum Gasteiger partial charge on any atom is -0.312 e. The van der Waals surface area contributed by atoms with Crippen LogP contribution >= 0.6 is 0 Å². The van der Waals surface area contributed by atoms with Crippen LogP contribution in [0.15, 0.2) is 36.7 Å². The van der Waals surface area contributed by atoms with Gasteiger partial charge in [0.25, 0.3) is 0 Å². The monoisotopic (exact) mass is 370 g/mol. The van der Waals surface area contributed by atoms with Gasteiger partial charge in [0.1, 0.15) is 5.82 Å². The Morgan fingerprint density at radius 1 is 1.11 bits per heavy atom. The Bertz CT molecular complexity index is 793. The summed E-state index contributed by atoms with van der Waals surface area (Å²) in [6, 6.07) is 6.30. The average molecular weight is 370 g/mol. The molecule has 2 saturated heterocycles. The zero-order valence-corrected chi connectivity index (χ0v) is 15.9. The molecule has 0 bridgehead atoms. The summed E-state index contributed by atoms with van der Waals surface area (Å²) in [4.78, 5) is 17.6. The summed E-state index contributed by atoms with van der Waals surface area (Å²) in [5.74, 6) is -0.0450. The van der Waals surface area contributed by atoms with E-state index < -0.39 is 0 Å². The maximum atomic E-state index is 13.3. The minimum atomic E-state index is -0.266. The third-order valence-electron chi connectivity index (χ3n) is 6.10. The Hall–Kier alpha value is -2.21. The minimum absolute atomic E-state index is 0.221. The molecule has 27 heavy (non-hydrogen) atoms. The summed E-state index contributed by atoms with van der Waals surface area (Å²) in [5, 5.41) is 4.35. The molecule has 0 atom stereocenters. The molecule has 2 fully saturated rings. The molecule has 5 nitrogen and oxygen atoms in total. The second-order valence-electron chi connectivity index (χ2n) is 7.80. The Kier molecular flexibility index (Phi) is 5.00. The number of hydrogen-bond acceptors (Lipinski definition) is 3. The zero-order valence-electron chi connectivity index (χ0n) is 15.9. The van der Waals surface area contributed by atoms with E-state index in [9.17, 15) is 9.18 Å². The second-order valence-corrected chi connectivity index (χ2v) is 7.80. The van der Waals surface area contributed by atoms with Crippen molar-refractivity contribution >= 4 is 11.6 Å². The molecule has 3 heterocycles. The lowest BCUT2D eigenvalue weighted by Gasteiger charge is -2.46. The second kappa shape index (κ2) is 7.43. The summed E-state index contributed by atoms with van der Waals surface area (Å²) in [7, 11) is 0. The van der Waals surface area contributed by atoms with E-state index in [4.69, 9.17) is 0 Å².